The second-order valence-electron chi connectivity index (χ2n) is 6.97. The number of amides is 1. The number of anilines is 1. The summed E-state index contributed by atoms with van der Waals surface area (Å²) < 4.78 is 3.82. The molecule has 8 nitrogen and oxygen atoms in total. The molecule has 1 aromatic carbocycles. The van der Waals surface area contributed by atoms with Crippen molar-refractivity contribution in [2.75, 3.05) is 5.32 Å². The molecule has 1 amide bonds. The number of aryl methyl sites for hydroxylation is 4. The van der Waals surface area contributed by atoms with Crippen LogP contribution in [0.1, 0.15) is 29.7 Å². The number of nitrogens with zero attached hydrogens (tertiary/aromatic N) is 4. The van der Waals surface area contributed by atoms with Gasteiger partial charge in [0.25, 0.3) is 5.56 Å². The lowest BCUT2D eigenvalue weighted by atomic mass is 10.0. The number of carbonyl (C=O) groups is 1. The summed E-state index contributed by atoms with van der Waals surface area (Å²) in [5.41, 5.74) is 3.38. The van der Waals surface area contributed by atoms with Gasteiger partial charge < -0.3 is 9.88 Å². The summed E-state index contributed by atoms with van der Waals surface area (Å²) in [7, 11) is 2.95. The van der Waals surface area contributed by atoms with E-state index in [0.29, 0.717) is 0 Å². The molecule has 1 N–H and O–H groups in total. The molecule has 3 rings (SSSR count). The minimum atomic E-state index is -0.680. The maximum Gasteiger partial charge on any atom is 0.332 e. The third-order valence-corrected chi connectivity index (χ3v) is 4.90. The van der Waals surface area contributed by atoms with Gasteiger partial charge in [0.2, 0.25) is 5.91 Å². The Kier molecular flexibility index (Phi) is 4.51. The zero-order valence-corrected chi connectivity index (χ0v) is 16.3. The van der Waals surface area contributed by atoms with Crippen molar-refractivity contribution >= 4 is 22.8 Å². The van der Waals surface area contributed by atoms with Crippen LogP contribution in [0.2, 0.25) is 0 Å². The molecular formula is C19H23N5O3. The first-order valence-electron chi connectivity index (χ1n) is 8.64. The van der Waals surface area contributed by atoms with Crippen LogP contribution in [-0.4, -0.2) is 24.6 Å². The Hall–Kier alpha value is -3.16. The number of fused-ring (bicyclic) bond motifs is 1. The summed E-state index contributed by atoms with van der Waals surface area (Å²) in [6.45, 7) is 7.59. The molecule has 0 saturated carbocycles. The van der Waals surface area contributed by atoms with Crippen LogP contribution in [0.25, 0.3) is 11.2 Å². The van der Waals surface area contributed by atoms with E-state index in [9.17, 15) is 14.4 Å². The SMILES string of the molecule is Cc1cc(C)c(NC(=O)[C@@H](C)n2cnc3c2c(=O)n(C)c(=O)n3C)c(C)c1. The van der Waals surface area contributed by atoms with Gasteiger partial charge in [-0.3, -0.25) is 18.7 Å². The number of hydrogen-bond acceptors (Lipinski definition) is 4. The van der Waals surface area contributed by atoms with Gasteiger partial charge in [-0.1, -0.05) is 17.7 Å². The van der Waals surface area contributed by atoms with Crippen molar-refractivity contribution in [3.8, 4) is 0 Å². The Bertz CT molecular complexity index is 1160. The van der Waals surface area contributed by atoms with Gasteiger partial charge >= 0.3 is 5.69 Å². The van der Waals surface area contributed by atoms with Crippen LogP contribution in [-0.2, 0) is 18.9 Å². The molecule has 0 unspecified atom stereocenters. The maximum absolute atomic E-state index is 12.9. The van der Waals surface area contributed by atoms with E-state index in [2.05, 4.69) is 10.3 Å². The number of nitrogens with one attached hydrogen (secondary N) is 1. The normalized spacial score (nSPS) is 12.4. The van der Waals surface area contributed by atoms with E-state index in [4.69, 9.17) is 0 Å². The van der Waals surface area contributed by atoms with Gasteiger partial charge in [0.1, 0.15) is 6.04 Å². The summed E-state index contributed by atoms with van der Waals surface area (Å²) >= 11 is 0. The van der Waals surface area contributed by atoms with E-state index in [-0.39, 0.29) is 17.1 Å². The molecule has 2 heterocycles. The predicted octanol–water partition coefficient (Wildman–Crippen LogP) is 1.56. The highest BCUT2D eigenvalue weighted by atomic mass is 16.2. The van der Waals surface area contributed by atoms with Gasteiger partial charge in [-0.25, -0.2) is 9.78 Å². The molecule has 1 atom stereocenters. The van der Waals surface area contributed by atoms with Crippen molar-refractivity contribution in [1.29, 1.82) is 0 Å². The Morgan fingerprint density at radius 3 is 2.26 bits per heavy atom. The van der Waals surface area contributed by atoms with Gasteiger partial charge in [-0.05, 0) is 38.8 Å². The van der Waals surface area contributed by atoms with Gasteiger partial charge in [0.05, 0.1) is 6.33 Å². The standard InChI is InChI=1S/C19H23N5O3/c1-10-7-11(2)14(12(3)8-10)21-17(25)13(4)24-9-20-16-15(24)18(26)23(6)19(27)22(16)5/h7-9,13H,1-6H3,(H,21,25)/t13-/m1/s1. The molecule has 0 spiro atoms. The van der Waals surface area contributed by atoms with Crippen LogP contribution >= 0.6 is 0 Å². The Morgan fingerprint density at radius 1 is 1.07 bits per heavy atom. The Balaban J connectivity index is 2.04. The van der Waals surface area contributed by atoms with Crippen molar-refractivity contribution in [3.63, 3.8) is 0 Å². The molecule has 0 radical (unpaired) electrons. The highest BCUT2D eigenvalue weighted by Gasteiger charge is 2.22. The van der Waals surface area contributed by atoms with E-state index >= 15 is 0 Å². The van der Waals surface area contributed by atoms with Crippen molar-refractivity contribution < 1.29 is 4.79 Å². The molecule has 0 aliphatic heterocycles. The Morgan fingerprint density at radius 2 is 1.67 bits per heavy atom. The molecule has 3 aromatic rings. The van der Waals surface area contributed by atoms with Crippen LogP contribution < -0.4 is 16.6 Å². The summed E-state index contributed by atoms with van der Waals surface area (Å²) in [5, 5.41) is 2.95. The second kappa shape index (κ2) is 6.53. The van der Waals surface area contributed by atoms with Gasteiger partial charge in [-0.2, -0.15) is 0 Å². The lowest BCUT2D eigenvalue weighted by Crippen LogP contribution is -2.38. The molecule has 0 aliphatic rings. The number of aromatic nitrogens is 4. The fraction of sp³-hybridized carbons (Fsp3) is 0.368. The first kappa shape index (κ1) is 18.6. The lowest BCUT2D eigenvalue weighted by molar-refractivity contribution is -0.118. The van der Waals surface area contributed by atoms with Crippen LogP contribution in [0.4, 0.5) is 5.69 Å². The van der Waals surface area contributed by atoms with Crippen LogP contribution in [0.5, 0.6) is 0 Å². The number of benzene rings is 1. The van der Waals surface area contributed by atoms with Crippen LogP contribution in [0.3, 0.4) is 0 Å². The maximum atomic E-state index is 12.9. The molecule has 0 bridgehead atoms. The van der Waals surface area contributed by atoms with Crippen LogP contribution in [0.15, 0.2) is 28.0 Å². The molecule has 27 heavy (non-hydrogen) atoms. The smallest absolute Gasteiger partial charge is 0.324 e. The van der Waals surface area contributed by atoms with Gasteiger partial charge in [0, 0.05) is 19.8 Å². The molecule has 142 valence electrons. The lowest BCUT2D eigenvalue weighted by Gasteiger charge is -2.18. The molecule has 8 heteroatoms. The third-order valence-electron chi connectivity index (χ3n) is 4.90. The largest absolute Gasteiger partial charge is 0.332 e. The molecular weight excluding hydrogens is 346 g/mol. The average Bonchev–Trinajstić information content (AvgIpc) is 3.05. The van der Waals surface area contributed by atoms with Crippen molar-refractivity contribution in [2.45, 2.75) is 33.7 Å². The topological polar surface area (TPSA) is 90.9 Å². The summed E-state index contributed by atoms with van der Waals surface area (Å²) in [5.74, 6) is -0.264. The van der Waals surface area contributed by atoms with E-state index in [1.807, 2.05) is 32.9 Å². The zero-order valence-electron chi connectivity index (χ0n) is 16.3. The Labute approximate surface area is 156 Å². The van der Waals surface area contributed by atoms with E-state index in [0.717, 1.165) is 26.9 Å². The monoisotopic (exact) mass is 369 g/mol. The first-order valence-corrected chi connectivity index (χ1v) is 8.64. The van der Waals surface area contributed by atoms with E-state index in [1.54, 1.807) is 14.0 Å². The molecule has 0 aliphatic carbocycles. The minimum absolute atomic E-state index is 0.222. The van der Waals surface area contributed by atoms with Gasteiger partial charge in [-0.15, -0.1) is 0 Å². The summed E-state index contributed by atoms with van der Waals surface area (Å²) in [6.07, 6.45) is 1.42. The van der Waals surface area contributed by atoms with E-state index in [1.165, 1.54) is 22.5 Å². The molecule has 0 saturated heterocycles. The number of rotatable bonds is 3. The van der Waals surface area contributed by atoms with Crippen molar-refractivity contribution in [3.05, 3.63) is 56.0 Å². The third kappa shape index (κ3) is 2.97. The minimum Gasteiger partial charge on any atom is -0.324 e. The van der Waals surface area contributed by atoms with Crippen LogP contribution in [0, 0.1) is 20.8 Å². The zero-order chi connectivity index (χ0) is 20.0. The van der Waals surface area contributed by atoms with E-state index < -0.39 is 17.3 Å². The van der Waals surface area contributed by atoms with Crippen molar-refractivity contribution in [1.82, 2.24) is 18.7 Å². The number of imidazole rings is 1. The summed E-state index contributed by atoms with van der Waals surface area (Å²) in [4.78, 5) is 41.7. The van der Waals surface area contributed by atoms with Gasteiger partial charge in [0.15, 0.2) is 11.2 Å². The fourth-order valence-corrected chi connectivity index (χ4v) is 3.39. The quantitative estimate of drug-likeness (QED) is 0.758. The molecule has 2 aromatic heterocycles. The average molecular weight is 369 g/mol. The van der Waals surface area contributed by atoms with Crippen molar-refractivity contribution in [2.24, 2.45) is 14.1 Å². The number of hydrogen-bond donors (Lipinski definition) is 1. The first-order chi connectivity index (χ1) is 12.6. The number of carbonyl (C=O) groups excluding carboxylic acids is 1. The highest BCUT2D eigenvalue weighted by Crippen LogP contribution is 2.23. The highest BCUT2D eigenvalue weighted by molar-refractivity contribution is 5.95. The molecule has 0 fully saturated rings. The summed E-state index contributed by atoms with van der Waals surface area (Å²) in [6, 6.07) is 3.33. The second-order valence-corrected chi connectivity index (χ2v) is 6.97. The fourth-order valence-electron chi connectivity index (χ4n) is 3.39. The predicted molar refractivity (Wildman–Crippen MR) is 104 cm³/mol.